The third kappa shape index (κ3) is 2.97. The lowest BCUT2D eigenvalue weighted by Crippen LogP contribution is -2.36. The number of hydrogen-bond acceptors (Lipinski definition) is 2. The summed E-state index contributed by atoms with van der Waals surface area (Å²) in [7, 11) is 1.49. The molecule has 94 valence electrons. The zero-order chi connectivity index (χ0) is 12.3. The number of ether oxygens (including phenoxy) is 1. The molecule has 1 unspecified atom stereocenters. The molecule has 1 atom stereocenters. The molecule has 0 N–H and O–H groups in total. The normalized spacial score (nSPS) is 21.5. The maximum Gasteiger partial charge on any atom is 0.165 e. The molecular formula is C14H20FNO. The van der Waals surface area contributed by atoms with Crippen molar-refractivity contribution in [3.63, 3.8) is 0 Å². The standard InChI is InChI=1S/C14H20FNO/c1-11-5-3-4-8-16(11)10-12-6-7-14(17-2)13(15)9-12/h6-7,9,11H,3-5,8,10H2,1-2H3. The minimum atomic E-state index is -0.269. The largest absolute Gasteiger partial charge is 0.494 e. The van der Waals surface area contributed by atoms with Gasteiger partial charge in [-0.2, -0.15) is 0 Å². The number of halogens is 1. The summed E-state index contributed by atoms with van der Waals surface area (Å²) < 4.78 is 18.5. The first-order valence-corrected chi connectivity index (χ1v) is 6.27. The molecule has 2 rings (SSSR count). The Morgan fingerprint density at radius 2 is 2.24 bits per heavy atom. The number of rotatable bonds is 3. The van der Waals surface area contributed by atoms with Crippen LogP contribution in [0.2, 0.25) is 0 Å². The summed E-state index contributed by atoms with van der Waals surface area (Å²) in [6.07, 6.45) is 3.82. The van der Waals surface area contributed by atoms with E-state index in [-0.39, 0.29) is 5.82 Å². The van der Waals surface area contributed by atoms with Crippen LogP contribution in [0.3, 0.4) is 0 Å². The van der Waals surface area contributed by atoms with Crippen LogP contribution in [0.25, 0.3) is 0 Å². The fraction of sp³-hybridized carbons (Fsp3) is 0.571. The van der Waals surface area contributed by atoms with Crippen LogP contribution in [0, 0.1) is 5.82 Å². The Morgan fingerprint density at radius 3 is 2.88 bits per heavy atom. The molecule has 1 heterocycles. The van der Waals surface area contributed by atoms with Crippen molar-refractivity contribution in [3.8, 4) is 5.75 Å². The Balaban J connectivity index is 2.05. The monoisotopic (exact) mass is 237 g/mol. The van der Waals surface area contributed by atoms with Crippen LogP contribution < -0.4 is 4.74 Å². The zero-order valence-corrected chi connectivity index (χ0v) is 10.6. The van der Waals surface area contributed by atoms with Gasteiger partial charge in [0.2, 0.25) is 0 Å². The minimum Gasteiger partial charge on any atom is -0.494 e. The molecule has 1 aliphatic rings. The molecule has 1 aromatic rings. The van der Waals surface area contributed by atoms with Gasteiger partial charge in [-0.15, -0.1) is 0 Å². The van der Waals surface area contributed by atoms with Gasteiger partial charge >= 0.3 is 0 Å². The molecule has 0 saturated carbocycles. The van der Waals surface area contributed by atoms with E-state index in [2.05, 4.69) is 11.8 Å². The van der Waals surface area contributed by atoms with Crippen molar-refractivity contribution in [1.29, 1.82) is 0 Å². The molecule has 0 bridgehead atoms. The van der Waals surface area contributed by atoms with Gasteiger partial charge in [-0.05, 0) is 44.0 Å². The van der Waals surface area contributed by atoms with Gasteiger partial charge in [0.05, 0.1) is 7.11 Å². The predicted octanol–water partition coefficient (Wildman–Crippen LogP) is 3.21. The van der Waals surface area contributed by atoms with Crippen LogP contribution in [-0.4, -0.2) is 24.6 Å². The lowest BCUT2D eigenvalue weighted by molar-refractivity contribution is 0.152. The molecule has 0 spiro atoms. The highest BCUT2D eigenvalue weighted by Crippen LogP contribution is 2.22. The number of likely N-dealkylation sites (tertiary alicyclic amines) is 1. The lowest BCUT2D eigenvalue weighted by Gasteiger charge is -2.33. The van der Waals surface area contributed by atoms with Gasteiger partial charge in [-0.25, -0.2) is 4.39 Å². The van der Waals surface area contributed by atoms with Crippen LogP contribution in [-0.2, 0) is 6.54 Å². The Bertz CT molecular complexity index is 380. The van der Waals surface area contributed by atoms with E-state index in [4.69, 9.17) is 4.74 Å². The number of piperidine rings is 1. The molecule has 0 aliphatic carbocycles. The first kappa shape index (κ1) is 12.4. The molecule has 0 amide bonds. The highest BCUT2D eigenvalue weighted by molar-refractivity contribution is 5.29. The van der Waals surface area contributed by atoms with Crippen LogP contribution in [0.5, 0.6) is 5.75 Å². The van der Waals surface area contributed by atoms with E-state index in [9.17, 15) is 4.39 Å². The number of hydrogen-bond donors (Lipinski definition) is 0. The van der Waals surface area contributed by atoms with Crippen molar-refractivity contribution in [3.05, 3.63) is 29.6 Å². The number of benzene rings is 1. The van der Waals surface area contributed by atoms with Gasteiger partial charge < -0.3 is 4.74 Å². The molecule has 1 aliphatic heterocycles. The molecule has 1 saturated heterocycles. The van der Waals surface area contributed by atoms with Gasteiger partial charge in [0.1, 0.15) is 0 Å². The molecule has 17 heavy (non-hydrogen) atoms. The molecule has 3 heteroatoms. The average Bonchev–Trinajstić information content (AvgIpc) is 2.32. The second-order valence-corrected chi connectivity index (χ2v) is 4.78. The molecule has 1 aromatic carbocycles. The highest BCUT2D eigenvalue weighted by atomic mass is 19.1. The third-order valence-corrected chi connectivity index (χ3v) is 3.54. The Kier molecular flexibility index (Phi) is 4.00. The summed E-state index contributed by atoms with van der Waals surface area (Å²) in [5, 5.41) is 0. The summed E-state index contributed by atoms with van der Waals surface area (Å²) in [5.74, 6) is 0.0510. The predicted molar refractivity (Wildman–Crippen MR) is 66.7 cm³/mol. The third-order valence-electron chi connectivity index (χ3n) is 3.54. The van der Waals surface area contributed by atoms with Crippen molar-refractivity contribution < 1.29 is 9.13 Å². The van der Waals surface area contributed by atoms with E-state index >= 15 is 0 Å². The summed E-state index contributed by atoms with van der Waals surface area (Å²) >= 11 is 0. The van der Waals surface area contributed by atoms with Gasteiger partial charge in [0, 0.05) is 12.6 Å². The Hall–Kier alpha value is -1.09. The average molecular weight is 237 g/mol. The topological polar surface area (TPSA) is 12.5 Å². The summed E-state index contributed by atoms with van der Waals surface area (Å²) in [5.41, 5.74) is 1.03. The molecular weight excluding hydrogens is 217 g/mol. The Labute approximate surface area is 102 Å². The van der Waals surface area contributed by atoms with Gasteiger partial charge in [0.25, 0.3) is 0 Å². The highest BCUT2D eigenvalue weighted by Gasteiger charge is 2.18. The van der Waals surface area contributed by atoms with Crippen molar-refractivity contribution in [1.82, 2.24) is 4.90 Å². The molecule has 2 nitrogen and oxygen atoms in total. The van der Waals surface area contributed by atoms with Crippen LogP contribution in [0.4, 0.5) is 4.39 Å². The van der Waals surface area contributed by atoms with Crippen molar-refractivity contribution in [2.45, 2.75) is 38.8 Å². The van der Waals surface area contributed by atoms with Crippen LogP contribution in [0.15, 0.2) is 18.2 Å². The summed E-state index contributed by atoms with van der Waals surface area (Å²) in [6.45, 7) is 4.20. The first-order valence-electron chi connectivity index (χ1n) is 6.27. The molecule has 0 aromatic heterocycles. The van der Waals surface area contributed by atoms with E-state index in [1.807, 2.05) is 6.07 Å². The van der Waals surface area contributed by atoms with Crippen molar-refractivity contribution >= 4 is 0 Å². The SMILES string of the molecule is COc1ccc(CN2CCCCC2C)cc1F. The van der Waals surface area contributed by atoms with E-state index in [1.54, 1.807) is 12.1 Å². The number of methoxy groups -OCH3 is 1. The lowest BCUT2D eigenvalue weighted by atomic mass is 10.0. The number of nitrogens with zero attached hydrogens (tertiary/aromatic N) is 1. The fourth-order valence-electron chi connectivity index (χ4n) is 2.44. The summed E-state index contributed by atoms with van der Waals surface area (Å²) in [6, 6.07) is 5.84. The second-order valence-electron chi connectivity index (χ2n) is 4.78. The first-order chi connectivity index (χ1) is 8.20. The van der Waals surface area contributed by atoms with E-state index in [0.717, 1.165) is 18.7 Å². The second kappa shape index (κ2) is 5.50. The van der Waals surface area contributed by atoms with Gasteiger partial charge in [-0.1, -0.05) is 12.5 Å². The van der Waals surface area contributed by atoms with Crippen molar-refractivity contribution in [2.24, 2.45) is 0 Å². The summed E-state index contributed by atoms with van der Waals surface area (Å²) in [4.78, 5) is 2.42. The van der Waals surface area contributed by atoms with Crippen LogP contribution in [0.1, 0.15) is 31.7 Å². The van der Waals surface area contributed by atoms with E-state index < -0.39 is 0 Å². The maximum absolute atomic E-state index is 13.6. The Morgan fingerprint density at radius 1 is 1.41 bits per heavy atom. The maximum atomic E-state index is 13.6. The zero-order valence-electron chi connectivity index (χ0n) is 10.6. The van der Waals surface area contributed by atoms with Gasteiger partial charge in [0.15, 0.2) is 11.6 Å². The minimum absolute atomic E-state index is 0.269. The fourth-order valence-corrected chi connectivity index (χ4v) is 2.44. The smallest absolute Gasteiger partial charge is 0.165 e. The van der Waals surface area contributed by atoms with E-state index in [1.165, 1.54) is 26.4 Å². The quantitative estimate of drug-likeness (QED) is 0.800. The van der Waals surface area contributed by atoms with E-state index in [0.29, 0.717) is 11.8 Å². The molecule has 1 fully saturated rings. The van der Waals surface area contributed by atoms with Crippen LogP contribution >= 0.6 is 0 Å². The van der Waals surface area contributed by atoms with Gasteiger partial charge in [-0.3, -0.25) is 4.90 Å². The van der Waals surface area contributed by atoms with Crippen molar-refractivity contribution in [2.75, 3.05) is 13.7 Å². The molecule has 0 radical (unpaired) electrons.